The third-order valence-corrected chi connectivity index (χ3v) is 6.69. The number of hydrogen-bond donors (Lipinski definition) is 1. The topological polar surface area (TPSA) is 78.2 Å². The number of halogens is 1. The Bertz CT molecular complexity index is 1300. The average molecular weight is 457 g/mol. The van der Waals surface area contributed by atoms with Crippen molar-refractivity contribution >= 4 is 11.6 Å². The van der Waals surface area contributed by atoms with Crippen LogP contribution >= 0.6 is 0 Å². The number of carbonyl (C=O) groups is 1. The standard InChI is InChI=1S/C27H25FN4O2/c1-27(16-29)17-34-15-21-7-6-19(12-22(21)27)26(33)31-13-23-25(28)24(8-10-30-23)32-11-9-18-4-2-3-5-20(18)14-32/h2-8,10,12H,9,11,13-15,17H2,1H3,(H,31,33)/t27-/m1/s1. The van der Waals surface area contributed by atoms with Gasteiger partial charge in [0.2, 0.25) is 0 Å². The van der Waals surface area contributed by atoms with E-state index in [9.17, 15) is 10.1 Å². The summed E-state index contributed by atoms with van der Waals surface area (Å²) in [6, 6.07) is 17.4. The monoisotopic (exact) mass is 456 g/mol. The van der Waals surface area contributed by atoms with Crippen molar-refractivity contribution in [2.24, 2.45) is 0 Å². The predicted molar refractivity (Wildman–Crippen MR) is 126 cm³/mol. The van der Waals surface area contributed by atoms with E-state index in [1.807, 2.05) is 23.1 Å². The van der Waals surface area contributed by atoms with Gasteiger partial charge in [-0.05, 0) is 53.8 Å². The van der Waals surface area contributed by atoms with Crippen molar-refractivity contribution in [1.82, 2.24) is 10.3 Å². The number of anilines is 1. The van der Waals surface area contributed by atoms with Crippen molar-refractivity contribution in [3.8, 4) is 6.07 Å². The summed E-state index contributed by atoms with van der Waals surface area (Å²) in [5, 5.41) is 12.4. The number of nitrogens with zero attached hydrogens (tertiary/aromatic N) is 3. The number of nitriles is 1. The number of aromatic nitrogens is 1. The number of fused-ring (bicyclic) bond motifs is 2. The van der Waals surface area contributed by atoms with Crippen LogP contribution in [0.25, 0.3) is 0 Å². The summed E-state index contributed by atoms with van der Waals surface area (Å²) in [6.07, 6.45) is 2.44. The van der Waals surface area contributed by atoms with Gasteiger partial charge in [-0.1, -0.05) is 30.3 Å². The first-order valence-electron chi connectivity index (χ1n) is 11.3. The van der Waals surface area contributed by atoms with E-state index in [0.29, 0.717) is 24.4 Å². The summed E-state index contributed by atoms with van der Waals surface area (Å²) in [5.74, 6) is -0.755. The van der Waals surface area contributed by atoms with Crippen LogP contribution in [0.5, 0.6) is 0 Å². The minimum Gasteiger partial charge on any atom is -0.375 e. The molecule has 1 N–H and O–H groups in total. The zero-order valence-corrected chi connectivity index (χ0v) is 19.0. The molecule has 0 fully saturated rings. The highest BCUT2D eigenvalue weighted by Crippen LogP contribution is 2.32. The lowest BCUT2D eigenvalue weighted by Crippen LogP contribution is -2.33. The molecular formula is C27H25FN4O2. The summed E-state index contributed by atoms with van der Waals surface area (Å²) < 4.78 is 20.9. The second kappa shape index (κ2) is 8.88. The maximum Gasteiger partial charge on any atom is 0.251 e. The lowest BCUT2D eigenvalue weighted by molar-refractivity contribution is 0.0757. The molecule has 3 aromatic rings. The third-order valence-electron chi connectivity index (χ3n) is 6.69. The highest BCUT2D eigenvalue weighted by atomic mass is 19.1. The smallest absolute Gasteiger partial charge is 0.251 e. The van der Waals surface area contributed by atoms with Crippen LogP contribution in [0.3, 0.4) is 0 Å². The number of rotatable bonds is 4. The number of benzene rings is 2. The van der Waals surface area contributed by atoms with E-state index in [1.165, 1.54) is 11.1 Å². The summed E-state index contributed by atoms with van der Waals surface area (Å²) in [4.78, 5) is 19.0. The van der Waals surface area contributed by atoms with Crippen LogP contribution < -0.4 is 10.2 Å². The molecule has 3 heterocycles. The van der Waals surface area contributed by atoms with Crippen molar-refractivity contribution in [3.05, 3.63) is 94.1 Å². The molecule has 0 spiro atoms. The zero-order chi connectivity index (χ0) is 23.7. The van der Waals surface area contributed by atoms with Gasteiger partial charge in [-0.2, -0.15) is 5.26 Å². The molecule has 1 amide bonds. The highest BCUT2D eigenvalue weighted by Gasteiger charge is 2.33. The van der Waals surface area contributed by atoms with Crippen molar-refractivity contribution in [1.29, 1.82) is 5.26 Å². The number of hydrogen-bond acceptors (Lipinski definition) is 5. The summed E-state index contributed by atoms with van der Waals surface area (Å²) >= 11 is 0. The Morgan fingerprint density at radius 2 is 2.06 bits per heavy atom. The van der Waals surface area contributed by atoms with E-state index in [0.717, 1.165) is 24.1 Å². The lowest BCUT2D eigenvalue weighted by Gasteiger charge is -2.31. The van der Waals surface area contributed by atoms with Crippen molar-refractivity contribution in [3.63, 3.8) is 0 Å². The van der Waals surface area contributed by atoms with E-state index in [1.54, 1.807) is 31.3 Å². The van der Waals surface area contributed by atoms with Gasteiger partial charge in [0.25, 0.3) is 5.91 Å². The number of pyridine rings is 1. The van der Waals surface area contributed by atoms with Crippen LogP contribution in [0.15, 0.2) is 54.7 Å². The Hall–Kier alpha value is -3.76. The molecule has 34 heavy (non-hydrogen) atoms. The number of nitrogens with one attached hydrogen (secondary N) is 1. The predicted octanol–water partition coefficient (Wildman–Crippen LogP) is 4.02. The molecule has 0 saturated carbocycles. The maximum absolute atomic E-state index is 15.4. The maximum atomic E-state index is 15.4. The quantitative estimate of drug-likeness (QED) is 0.642. The first kappa shape index (κ1) is 22.1. The number of amides is 1. The van der Waals surface area contributed by atoms with E-state index in [-0.39, 0.29) is 24.8 Å². The molecule has 0 saturated heterocycles. The summed E-state index contributed by atoms with van der Waals surface area (Å²) in [5.41, 5.74) is 4.49. The van der Waals surface area contributed by atoms with E-state index < -0.39 is 11.2 Å². The number of ether oxygens (including phenoxy) is 1. The molecule has 0 aliphatic carbocycles. The van der Waals surface area contributed by atoms with Crippen LogP contribution in [0, 0.1) is 17.1 Å². The molecular weight excluding hydrogens is 431 g/mol. The summed E-state index contributed by atoms with van der Waals surface area (Å²) in [7, 11) is 0. The van der Waals surface area contributed by atoms with Gasteiger partial charge in [-0.25, -0.2) is 4.39 Å². The minimum absolute atomic E-state index is 0.0291. The average Bonchev–Trinajstić information content (AvgIpc) is 2.87. The normalized spacial score (nSPS) is 19.0. The molecule has 7 heteroatoms. The second-order valence-electron chi connectivity index (χ2n) is 9.02. The molecule has 1 atom stereocenters. The fraction of sp³-hybridized carbons (Fsp3) is 0.296. The Balaban J connectivity index is 1.32. The van der Waals surface area contributed by atoms with Crippen molar-refractivity contribution < 1.29 is 13.9 Å². The van der Waals surface area contributed by atoms with Gasteiger partial charge in [0.05, 0.1) is 37.2 Å². The van der Waals surface area contributed by atoms with E-state index >= 15 is 4.39 Å². The Kier molecular flexibility index (Phi) is 5.76. The largest absolute Gasteiger partial charge is 0.375 e. The SMILES string of the molecule is C[C@@]1(C#N)COCc2ccc(C(=O)NCc3nccc(N4CCc5ccccc5C4)c3F)cc21. The molecule has 2 aliphatic rings. The Morgan fingerprint density at radius 1 is 1.24 bits per heavy atom. The van der Waals surface area contributed by atoms with Gasteiger partial charge >= 0.3 is 0 Å². The van der Waals surface area contributed by atoms with Crippen molar-refractivity contribution in [2.45, 2.75) is 38.5 Å². The van der Waals surface area contributed by atoms with Crippen molar-refractivity contribution in [2.75, 3.05) is 18.1 Å². The molecule has 172 valence electrons. The molecule has 1 aromatic heterocycles. The highest BCUT2D eigenvalue weighted by molar-refractivity contribution is 5.94. The van der Waals surface area contributed by atoms with Crippen LogP contribution in [0.4, 0.5) is 10.1 Å². The van der Waals surface area contributed by atoms with Gasteiger partial charge in [0.1, 0.15) is 5.41 Å². The molecule has 2 aromatic carbocycles. The fourth-order valence-corrected chi connectivity index (χ4v) is 4.70. The molecule has 5 rings (SSSR count). The van der Waals surface area contributed by atoms with Crippen LogP contribution in [-0.2, 0) is 36.3 Å². The first-order valence-corrected chi connectivity index (χ1v) is 11.3. The zero-order valence-electron chi connectivity index (χ0n) is 19.0. The van der Waals surface area contributed by atoms with Gasteiger partial charge < -0.3 is 15.0 Å². The lowest BCUT2D eigenvalue weighted by atomic mass is 9.79. The van der Waals surface area contributed by atoms with Crippen LogP contribution in [0.2, 0.25) is 0 Å². The molecule has 0 radical (unpaired) electrons. The fourth-order valence-electron chi connectivity index (χ4n) is 4.70. The minimum atomic E-state index is -0.807. The molecule has 6 nitrogen and oxygen atoms in total. The summed E-state index contributed by atoms with van der Waals surface area (Å²) in [6.45, 7) is 3.83. The van der Waals surface area contributed by atoms with Crippen LogP contribution in [-0.4, -0.2) is 24.0 Å². The Labute approximate surface area is 198 Å². The molecule has 0 bridgehead atoms. The second-order valence-corrected chi connectivity index (χ2v) is 9.02. The first-order chi connectivity index (χ1) is 16.5. The van der Waals surface area contributed by atoms with Gasteiger partial charge in [-0.3, -0.25) is 9.78 Å². The number of carbonyl (C=O) groups excluding carboxylic acids is 1. The van der Waals surface area contributed by atoms with Gasteiger partial charge in [0, 0.05) is 24.8 Å². The Morgan fingerprint density at radius 3 is 2.88 bits per heavy atom. The van der Waals surface area contributed by atoms with E-state index in [2.05, 4.69) is 28.5 Å². The van der Waals surface area contributed by atoms with E-state index in [4.69, 9.17) is 4.74 Å². The van der Waals surface area contributed by atoms with Gasteiger partial charge in [-0.15, -0.1) is 0 Å². The van der Waals surface area contributed by atoms with Gasteiger partial charge in [0.15, 0.2) is 5.82 Å². The third kappa shape index (κ3) is 4.02. The molecule has 0 unspecified atom stereocenters. The van der Waals surface area contributed by atoms with Crippen LogP contribution in [0.1, 0.15) is 45.2 Å². The molecule has 2 aliphatic heterocycles.